The molecule has 1 rings (SSSR count). The smallest absolute Gasteiger partial charge is 0.261 e. The zero-order valence-electron chi connectivity index (χ0n) is 8.26. The molecule has 0 atom stereocenters. The number of unbranched alkanes of at least 4 members (excludes halogenated alkanes) is 2. The van der Waals surface area contributed by atoms with Crippen LogP contribution in [0.25, 0.3) is 0 Å². The Balaban J connectivity index is 2.19. The van der Waals surface area contributed by atoms with Gasteiger partial charge in [0.2, 0.25) is 0 Å². The number of hydrogen-bond acceptors (Lipinski definition) is 2. The minimum absolute atomic E-state index is 0.0418. The Morgan fingerprint density at radius 3 is 2.80 bits per heavy atom. The van der Waals surface area contributed by atoms with Crippen LogP contribution in [0.2, 0.25) is 0 Å². The lowest BCUT2D eigenvalue weighted by atomic mass is 10.2. The topological polar surface area (TPSA) is 29.1 Å². The number of nitrogens with one attached hydrogen (secondary N) is 1. The monoisotopic (exact) mass is 401 g/mol. The van der Waals surface area contributed by atoms with Crippen molar-refractivity contribution in [2.75, 3.05) is 11.0 Å². The number of carbonyl (C=O) groups excluding carboxylic acids is 1. The second kappa shape index (κ2) is 7.62. The first kappa shape index (κ1) is 13.4. The van der Waals surface area contributed by atoms with E-state index in [2.05, 4.69) is 43.8 Å². The summed E-state index contributed by atoms with van der Waals surface area (Å²) in [6.45, 7) is 0.783. The molecule has 0 saturated carbocycles. The molecule has 0 saturated heterocycles. The Morgan fingerprint density at radius 2 is 2.20 bits per heavy atom. The number of amides is 1. The molecule has 0 radical (unpaired) electrons. The third-order valence-electron chi connectivity index (χ3n) is 1.89. The number of alkyl halides is 1. The van der Waals surface area contributed by atoms with Crippen molar-refractivity contribution in [3.8, 4) is 0 Å². The molecule has 1 N–H and O–H groups in total. The Labute approximate surface area is 116 Å². The zero-order valence-corrected chi connectivity index (χ0v) is 12.8. The minimum Gasteiger partial charge on any atom is -0.351 e. The van der Waals surface area contributed by atoms with Crippen molar-refractivity contribution < 1.29 is 4.79 Å². The molecule has 0 aromatic carbocycles. The van der Waals surface area contributed by atoms with Crippen molar-refractivity contribution in [2.24, 2.45) is 0 Å². The van der Waals surface area contributed by atoms with E-state index in [1.54, 1.807) is 0 Å². The number of halogens is 2. The van der Waals surface area contributed by atoms with Crippen molar-refractivity contribution in [3.05, 3.63) is 20.8 Å². The largest absolute Gasteiger partial charge is 0.351 e. The molecule has 0 aliphatic heterocycles. The van der Waals surface area contributed by atoms with Crippen LogP contribution in [-0.2, 0) is 0 Å². The molecule has 5 heteroatoms. The van der Waals surface area contributed by atoms with Crippen molar-refractivity contribution in [1.29, 1.82) is 0 Å². The van der Waals surface area contributed by atoms with Crippen LogP contribution in [-0.4, -0.2) is 16.9 Å². The Morgan fingerprint density at radius 1 is 1.40 bits per heavy atom. The van der Waals surface area contributed by atoms with Gasteiger partial charge in [-0.05, 0) is 45.3 Å². The fourth-order valence-corrected chi connectivity index (χ4v) is 2.96. The van der Waals surface area contributed by atoms with E-state index >= 15 is 0 Å². The molecule has 0 aliphatic carbocycles. The van der Waals surface area contributed by atoms with Crippen LogP contribution in [0.5, 0.6) is 0 Å². The summed E-state index contributed by atoms with van der Waals surface area (Å²) < 4.78 is 2.20. The molecule has 0 fully saturated rings. The summed E-state index contributed by atoms with van der Waals surface area (Å²) in [6.07, 6.45) is 3.50. The summed E-state index contributed by atoms with van der Waals surface area (Å²) in [4.78, 5) is 12.3. The van der Waals surface area contributed by atoms with Crippen LogP contribution in [0.1, 0.15) is 28.9 Å². The van der Waals surface area contributed by atoms with Gasteiger partial charge in [0.25, 0.3) is 5.91 Å². The second-order valence-corrected chi connectivity index (χ2v) is 6.65. The van der Waals surface area contributed by atoms with Crippen molar-refractivity contribution in [3.63, 3.8) is 0 Å². The average Bonchev–Trinajstić information content (AvgIpc) is 2.64. The molecule has 0 bridgehead atoms. The van der Waals surface area contributed by atoms with Gasteiger partial charge in [-0.15, -0.1) is 11.3 Å². The van der Waals surface area contributed by atoms with Crippen LogP contribution < -0.4 is 5.32 Å². The van der Waals surface area contributed by atoms with Gasteiger partial charge in [0.15, 0.2) is 0 Å². The Hall–Kier alpha value is 0.380. The van der Waals surface area contributed by atoms with Gasteiger partial charge < -0.3 is 5.32 Å². The maximum Gasteiger partial charge on any atom is 0.261 e. The maximum absolute atomic E-state index is 11.6. The van der Waals surface area contributed by atoms with E-state index in [0.717, 1.165) is 21.6 Å². The number of rotatable bonds is 6. The van der Waals surface area contributed by atoms with Crippen LogP contribution >= 0.6 is 49.9 Å². The lowest BCUT2D eigenvalue weighted by Gasteiger charge is -2.02. The van der Waals surface area contributed by atoms with Gasteiger partial charge in [0, 0.05) is 6.54 Å². The molecular formula is C10H13BrINOS. The highest BCUT2D eigenvalue weighted by molar-refractivity contribution is 14.1. The normalized spacial score (nSPS) is 10.3. The van der Waals surface area contributed by atoms with Gasteiger partial charge in [-0.1, -0.05) is 29.0 Å². The fraction of sp³-hybridized carbons (Fsp3) is 0.500. The number of carbonyl (C=O) groups is 1. The van der Waals surface area contributed by atoms with E-state index in [1.165, 1.54) is 28.6 Å². The van der Waals surface area contributed by atoms with E-state index in [4.69, 9.17) is 0 Å². The third kappa shape index (κ3) is 5.31. The van der Waals surface area contributed by atoms with Crippen LogP contribution in [0.15, 0.2) is 15.9 Å². The highest BCUT2D eigenvalue weighted by Crippen LogP contribution is 2.21. The van der Waals surface area contributed by atoms with Crippen LogP contribution in [0, 0.1) is 0 Å². The molecule has 1 amide bonds. The molecule has 1 heterocycles. The molecule has 0 spiro atoms. The first-order valence-electron chi connectivity index (χ1n) is 4.83. The van der Waals surface area contributed by atoms with Gasteiger partial charge in [-0.3, -0.25) is 4.79 Å². The Kier molecular flexibility index (Phi) is 6.83. The maximum atomic E-state index is 11.6. The van der Waals surface area contributed by atoms with E-state index in [0.29, 0.717) is 0 Å². The van der Waals surface area contributed by atoms with E-state index in [9.17, 15) is 4.79 Å². The molecule has 15 heavy (non-hydrogen) atoms. The molecule has 84 valence electrons. The van der Waals surface area contributed by atoms with Crippen molar-refractivity contribution >= 4 is 55.8 Å². The quantitative estimate of drug-likeness (QED) is 0.438. The van der Waals surface area contributed by atoms with Gasteiger partial charge in [0.05, 0.1) is 8.66 Å². The first-order valence-corrected chi connectivity index (χ1v) is 7.97. The fourth-order valence-electron chi connectivity index (χ4n) is 1.12. The van der Waals surface area contributed by atoms with Crippen LogP contribution in [0.3, 0.4) is 0 Å². The second-order valence-electron chi connectivity index (χ2n) is 3.11. The Bertz CT molecular complexity index is 316. The van der Waals surface area contributed by atoms with Crippen molar-refractivity contribution in [2.45, 2.75) is 19.3 Å². The van der Waals surface area contributed by atoms with Gasteiger partial charge >= 0.3 is 0 Å². The van der Waals surface area contributed by atoms with E-state index < -0.39 is 0 Å². The third-order valence-corrected chi connectivity index (χ3v) is 4.28. The zero-order chi connectivity index (χ0) is 11.1. The molecule has 1 aromatic rings. The molecule has 0 unspecified atom stereocenters. The van der Waals surface area contributed by atoms with Gasteiger partial charge in [0.1, 0.15) is 0 Å². The lowest BCUT2D eigenvalue weighted by Crippen LogP contribution is -2.23. The SMILES string of the molecule is O=C(NCCCCCI)c1ccc(Br)s1. The van der Waals surface area contributed by atoms with Crippen molar-refractivity contribution in [1.82, 2.24) is 5.32 Å². The summed E-state index contributed by atoms with van der Waals surface area (Å²) >= 11 is 7.18. The lowest BCUT2D eigenvalue weighted by molar-refractivity contribution is 0.0957. The standard InChI is InChI=1S/C10H13BrINOS/c11-9-5-4-8(15-9)10(14)13-7-3-1-2-6-12/h4-5H,1-3,6-7H2,(H,13,14). The minimum atomic E-state index is 0.0418. The molecular weight excluding hydrogens is 389 g/mol. The summed E-state index contributed by atoms with van der Waals surface area (Å²) in [5.41, 5.74) is 0. The summed E-state index contributed by atoms with van der Waals surface area (Å²) in [5.74, 6) is 0.0418. The predicted molar refractivity (Wildman–Crippen MR) is 77.1 cm³/mol. The number of hydrogen-bond donors (Lipinski definition) is 1. The highest BCUT2D eigenvalue weighted by atomic mass is 127. The first-order chi connectivity index (χ1) is 7.24. The number of thiophene rings is 1. The van der Waals surface area contributed by atoms with E-state index in [-0.39, 0.29) is 5.91 Å². The van der Waals surface area contributed by atoms with Gasteiger partial charge in [-0.2, -0.15) is 0 Å². The highest BCUT2D eigenvalue weighted by Gasteiger charge is 2.06. The summed E-state index contributed by atoms with van der Waals surface area (Å²) in [7, 11) is 0. The van der Waals surface area contributed by atoms with Gasteiger partial charge in [-0.25, -0.2) is 0 Å². The summed E-state index contributed by atoms with van der Waals surface area (Å²) in [6, 6.07) is 3.74. The molecule has 0 aliphatic rings. The summed E-state index contributed by atoms with van der Waals surface area (Å²) in [5, 5.41) is 2.92. The average molecular weight is 402 g/mol. The predicted octanol–water partition coefficient (Wildman–Crippen LogP) is 3.85. The molecule has 1 aromatic heterocycles. The molecule has 2 nitrogen and oxygen atoms in total. The van der Waals surface area contributed by atoms with E-state index in [1.807, 2.05) is 12.1 Å². The van der Waals surface area contributed by atoms with Crippen LogP contribution in [0.4, 0.5) is 0 Å².